The summed E-state index contributed by atoms with van der Waals surface area (Å²) in [6.07, 6.45) is 6.41. The molecule has 5 heteroatoms. The number of aliphatic hydroxyl groups is 1. The van der Waals surface area contributed by atoms with Crippen LogP contribution in [0.2, 0.25) is 18.1 Å². The Labute approximate surface area is 167 Å². The molecule has 6 atom stereocenters. The van der Waals surface area contributed by atoms with Crippen molar-refractivity contribution in [3.8, 4) is 0 Å². The third-order valence-corrected chi connectivity index (χ3v) is 12.8. The highest BCUT2D eigenvalue weighted by atomic mass is 28.4. The minimum absolute atomic E-state index is 0.235. The number of carboxylic acids is 1. The van der Waals surface area contributed by atoms with E-state index in [0.717, 1.165) is 6.42 Å². The molecule has 0 unspecified atom stereocenters. The number of hydrogen-bond acceptors (Lipinski definition) is 3. The summed E-state index contributed by atoms with van der Waals surface area (Å²) in [7, 11) is -1.78. The van der Waals surface area contributed by atoms with Gasteiger partial charge in [-0.05, 0) is 79.8 Å². The molecule has 0 aromatic heterocycles. The van der Waals surface area contributed by atoms with E-state index in [-0.39, 0.29) is 5.04 Å². The topological polar surface area (TPSA) is 66.8 Å². The van der Waals surface area contributed by atoms with Gasteiger partial charge in [-0.3, -0.25) is 0 Å². The maximum atomic E-state index is 10.9. The zero-order valence-corrected chi connectivity index (χ0v) is 19.5. The van der Waals surface area contributed by atoms with Crippen molar-refractivity contribution in [1.29, 1.82) is 0 Å². The molecule has 0 bridgehead atoms. The molecule has 0 spiro atoms. The third-order valence-electron chi connectivity index (χ3n) is 8.26. The zero-order chi connectivity index (χ0) is 20.6. The van der Waals surface area contributed by atoms with Crippen molar-refractivity contribution in [1.82, 2.24) is 0 Å². The van der Waals surface area contributed by atoms with Gasteiger partial charge in [-0.15, -0.1) is 0 Å². The summed E-state index contributed by atoms with van der Waals surface area (Å²) in [6.45, 7) is 16.4. The fraction of sp³-hybridized carbons (Fsp3) is 0.955. The first-order chi connectivity index (χ1) is 12.3. The Balaban J connectivity index is 2.07. The maximum Gasteiger partial charge on any atom is 0.332 e. The summed E-state index contributed by atoms with van der Waals surface area (Å²) in [5.74, 6) is 0.574. The van der Waals surface area contributed by atoms with E-state index in [9.17, 15) is 9.90 Å². The van der Waals surface area contributed by atoms with Gasteiger partial charge in [0.2, 0.25) is 0 Å². The van der Waals surface area contributed by atoms with Gasteiger partial charge < -0.3 is 14.6 Å². The fourth-order valence-electron chi connectivity index (χ4n) is 5.54. The van der Waals surface area contributed by atoms with Gasteiger partial charge in [0.1, 0.15) is 0 Å². The Hall–Kier alpha value is -0.393. The second-order valence-corrected chi connectivity index (χ2v) is 15.8. The molecule has 0 aromatic carbocycles. The molecule has 2 N–H and O–H groups in total. The van der Waals surface area contributed by atoms with Gasteiger partial charge in [-0.2, -0.15) is 0 Å². The van der Waals surface area contributed by atoms with E-state index < -0.39 is 20.4 Å². The molecule has 2 aliphatic carbocycles. The summed E-state index contributed by atoms with van der Waals surface area (Å²) in [6, 6.07) is 0. The number of hydrogen-bond donors (Lipinski definition) is 2. The Kier molecular flexibility index (Phi) is 6.91. The summed E-state index contributed by atoms with van der Waals surface area (Å²) in [5.41, 5.74) is 0.291. The maximum absolute atomic E-state index is 10.9. The predicted octanol–water partition coefficient (Wildman–Crippen LogP) is 5.46. The Bertz CT molecular complexity index is 527. The van der Waals surface area contributed by atoms with Crippen LogP contribution in [0.3, 0.4) is 0 Å². The number of rotatable bonds is 7. The Morgan fingerprint density at radius 2 is 1.85 bits per heavy atom. The minimum Gasteiger partial charge on any atom is -0.479 e. The first-order valence-electron chi connectivity index (χ1n) is 10.9. The van der Waals surface area contributed by atoms with Crippen molar-refractivity contribution in [3.63, 3.8) is 0 Å². The number of carboxylic acid groups (broad SMARTS) is 1. The van der Waals surface area contributed by atoms with E-state index in [4.69, 9.17) is 9.53 Å². The Morgan fingerprint density at radius 3 is 2.41 bits per heavy atom. The van der Waals surface area contributed by atoms with Crippen LogP contribution in [0.25, 0.3) is 0 Å². The van der Waals surface area contributed by atoms with Gasteiger partial charge in [0.25, 0.3) is 0 Å². The second kappa shape index (κ2) is 8.15. The first kappa shape index (κ1) is 22.9. The zero-order valence-electron chi connectivity index (χ0n) is 18.5. The summed E-state index contributed by atoms with van der Waals surface area (Å²) >= 11 is 0. The monoisotopic (exact) mass is 398 g/mol. The van der Waals surface area contributed by atoms with E-state index in [1.807, 2.05) is 0 Å². The number of aliphatic hydroxyl groups excluding tert-OH is 1. The molecular formula is C22H42O4Si. The molecular weight excluding hydrogens is 356 g/mol. The van der Waals surface area contributed by atoms with E-state index >= 15 is 0 Å². The molecule has 2 saturated carbocycles. The lowest BCUT2D eigenvalue weighted by Crippen LogP contribution is -2.50. The van der Waals surface area contributed by atoms with E-state index in [1.165, 1.54) is 32.1 Å². The lowest BCUT2D eigenvalue weighted by Gasteiger charge is -2.50. The molecule has 0 aromatic rings. The largest absolute Gasteiger partial charge is 0.479 e. The Morgan fingerprint density at radius 1 is 1.22 bits per heavy atom. The quantitative estimate of drug-likeness (QED) is 0.559. The molecule has 2 fully saturated rings. The van der Waals surface area contributed by atoms with Crippen LogP contribution in [0.1, 0.15) is 79.6 Å². The van der Waals surface area contributed by atoms with Gasteiger partial charge in [-0.1, -0.05) is 41.0 Å². The van der Waals surface area contributed by atoms with Crippen molar-refractivity contribution >= 4 is 14.3 Å². The lowest BCUT2D eigenvalue weighted by molar-refractivity contribution is -0.147. The standard InChI is InChI=1S/C22H42O4Si/c1-15(10-13-18(23)20(24)25)16-11-12-17-19(9-8-14-22(16,17)5)26-27(6,7)21(2,3)4/h15-19,23H,8-14H2,1-7H3,(H,24,25)/t15-,16-,17+,18+,19+,22-/m1/s1. The van der Waals surface area contributed by atoms with Crippen LogP contribution in [0.15, 0.2) is 0 Å². The average molecular weight is 399 g/mol. The molecule has 27 heavy (non-hydrogen) atoms. The van der Waals surface area contributed by atoms with Gasteiger partial charge in [0.05, 0.1) is 0 Å². The average Bonchev–Trinajstić information content (AvgIpc) is 2.89. The number of aliphatic carboxylic acids is 1. The van der Waals surface area contributed by atoms with Crippen LogP contribution < -0.4 is 0 Å². The highest BCUT2D eigenvalue weighted by Gasteiger charge is 2.54. The van der Waals surface area contributed by atoms with Crippen molar-refractivity contribution in [2.75, 3.05) is 0 Å². The number of carbonyl (C=O) groups is 1. The molecule has 0 saturated heterocycles. The molecule has 2 aliphatic rings. The van der Waals surface area contributed by atoms with Crippen LogP contribution in [0.4, 0.5) is 0 Å². The summed E-state index contributed by atoms with van der Waals surface area (Å²) in [4.78, 5) is 10.9. The fourth-order valence-corrected chi connectivity index (χ4v) is 6.93. The van der Waals surface area contributed by atoms with Gasteiger partial charge in [0, 0.05) is 6.10 Å². The van der Waals surface area contributed by atoms with Crippen LogP contribution in [0, 0.1) is 23.2 Å². The highest BCUT2D eigenvalue weighted by molar-refractivity contribution is 6.74. The van der Waals surface area contributed by atoms with Crippen LogP contribution in [-0.4, -0.2) is 36.7 Å². The van der Waals surface area contributed by atoms with Crippen molar-refractivity contribution in [3.05, 3.63) is 0 Å². The lowest BCUT2D eigenvalue weighted by atomic mass is 9.61. The van der Waals surface area contributed by atoms with Gasteiger partial charge in [0.15, 0.2) is 14.4 Å². The molecule has 158 valence electrons. The summed E-state index contributed by atoms with van der Waals surface area (Å²) in [5, 5.41) is 18.8. The third kappa shape index (κ3) is 4.79. The van der Waals surface area contributed by atoms with E-state index in [1.54, 1.807) is 0 Å². The smallest absolute Gasteiger partial charge is 0.332 e. The van der Waals surface area contributed by atoms with Gasteiger partial charge in [-0.25, -0.2) is 4.79 Å². The van der Waals surface area contributed by atoms with E-state index in [2.05, 4.69) is 47.7 Å². The second-order valence-electron chi connectivity index (χ2n) is 11.0. The van der Waals surface area contributed by atoms with E-state index in [0.29, 0.717) is 35.7 Å². The number of fused-ring (bicyclic) bond motifs is 1. The molecule has 2 rings (SSSR count). The first-order valence-corrected chi connectivity index (χ1v) is 13.8. The highest BCUT2D eigenvalue weighted by Crippen LogP contribution is 2.59. The van der Waals surface area contributed by atoms with Crippen LogP contribution in [-0.2, 0) is 9.22 Å². The normalized spacial score (nSPS) is 34.1. The summed E-state index contributed by atoms with van der Waals surface area (Å²) < 4.78 is 6.90. The van der Waals surface area contributed by atoms with Crippen molar-refractivity contribution < 1.29 is 19.4 Å². The molecule has 4 nitrogen and oxygen atoms in total. The van der Waals surface area contributed by atoms with Crippen LogP contribution >= 0.6 is 0 Å². The van der Waals surface area contributed by atoms with Crippen molar-refractivity contribution in [2.45, 2.75) is 110 Å². The molecule has 0 heterocycles. The minimum atomic E-state index is -1.78. The van der Waals surface area contributed by atoms with Crippen LogP contribution in [0.5, 0.6) is 0 Å². The molecule has 0 aliphatic heterocycles. The van der Waals surface area contributed by atoms with Crippen molar-refractivity contribution in [2.24, 2.45) is 23.2 Å². The predicted molar refractivity (Wildman–Crippen MR) is 112 cm³/mol. The SMILES string of the molecule is C[C@H](CC[C@H](O)C(=O)O)[C@H]1CC[C@H]2[C@@H](O[Si](C)(C)C(C)(C)C)CCC[C@]12C. The van der Waals surface area contributed by atoms with Gasteiger partial charge >= 0.3 is 5.97 Å². The molecule has 0 amide bonds. The molecule has 0 radical (unpaired) electrons.